The lowest BCUT2D eigenvalue weighted by atomic mass is 9.88. The largest absolute Gasteiger partial charge is 0.381 e. The molecule has 10 nitrogen and oxygen atoms in total. The molecule has 0 radical (unpaired) electrons. The van der Waals surface area contributed by atoms with Crippen molar-refractivity contribution in [2.24, 2.45) is 5.92 Å². The highest BCUT2D eigenvalue weighted by Crippen LogP contribution is 2.31. The molecule has 3 N–H and O–H groups in total. The second-order valence-corrected chi connectivity index (χ2v) is 16.0. The second kappa shape index (κ2) is 18.2. The van der Waals surface area contributed by atoms with E-state index in [0.717, 1.165) is 108 Å². The molecule has 2 aromatic heterocycles. The minimum Gasteiger partial charge on any atom is -0.381 e. The first-order valence-electron chi connectivity index (χ1n) is 21.1. The number of benzene rings is 4. The summed E-state index contributed by atoms with van der Waals surface area (Å²) in [4.78, 5) is 35.9. The van der Waals surface area contributed by atoms with Crippen molar-refractivity contribution >= 4 is 33.6 Å². The third kappa shape index (κ3) is 9.07. The first-order chi connectivity index (χ1) is 28.8. The quantitative estimate of drug-likeness (QED) is 0.110. The molecule has 0 spiro atoms. The minimum atomic E-state index is -0.386. The number of fused-ring (bicyclic) bond motifs is 2. The van der Waals surface area contributed by atoms with E-state index >= 15 is 4.39 Å². The Bertz CT molecular complexity index is 2480. The van der Waals surface area contributed by atoms with Crippen LogP contribution in [-0.2, 0) is 43.8 Å². The van der Waals surface area contributed by atoms with Crippen molar-refractivity contribution < 1.29 is 18.7 Å². The average molecular weight is 796 g/mol. The molecule has 11 heteroatoms. The Balaban J connectivity index is 1.03. The zero-order valence-corrected chi connectivity index (χ0v) is 34.3. The number of piperazine rings is 1. The Morgan fingerprint density at radius 3 is 2.34 bits per heavy atom. The maximum Gasteiger partial charge on any atom is 0.252 e. The van der Waals surface area contributed by atoms with Crippen LogP contribution in [-0.4, -0.2) is 70.4 Å². The monoisotopic (exact) mass is 795 g/mol. The highest BCUT2D eigenvalue weighted by molar-refractivity contribution is 6.10. The summed E-state index contributed by atoms with van der Waals surface area (Å²) in [5, 5.41) is 17.1. The molecule has 6 aromatic rings. The van der Waals surface area contributed by atoms with Crippen LogP contribution in [0.25, 0.3) is 32.9 Å². The molecule has 0 bridgehead atoms. The zero-order chi connectivity index (χ0) is 40.9. The molecule has 59 heavy (non-hydrogen) atoms. The molecule has 0 unspecified atom stereocenters. The van der Waals surface area contributed by atoms with Crippen LogP contribution in [0.15, 0.2) is 85.1 Å². The van der Waals surface area contributed by atoms with Gasteiger partial charge in [-0.2, -0.15) is 5.10 Å². The number of hydrogen-bond donors (Lipinski definition) is 3. The summed E-state index contributed by atoms with van der Waals surface area (Å²) >= 11 is 0. The normalized spacial score (nSPS) is 16.4. The molecule has 4 aromatic carbocycles. The Labute approximate surface area is 345 Å². The number of halogens is 1. The van der Waals surface area contributed by atoms with Crippen LogP contribution < -0.4 is 16.0 Å². The number of amides is 2. The highest BCUT2D eigenvalue weighted by Gasteiger charge is 2.25. The average Bonchev–Trinajstić information content (AvgIpc) is 3.68. The molecule has 306 valence electrons. The summed E-state index contributed by atoms with van der Waals surface area (Å²) in [6.07, 6.45) is 5.43. The maximum absolute atomic E-state index is 15.4. The summed E-state index contributed by atoms with van der Waals surface area (Å²) in [5.74, 6) is -0.590. The fourth-order valence-electron chi connectivity index (χ4n) is 8.76. The fraction of sp³-hybridized carbons (Fsp3) is 0.375. The van der Waals surface area contributed by atoms with E-state index in [1.54, 1.807) is 24.3 Å². The fourth-order valence-corrected chi connectivity index (χ4v) is 8.76. The van der Waals surface area contributed by atoms with Crippen molar-refractivity contribution in [3.05, 3.63) is 130 Å². The van der Waals surface area contributed by atoms with Crippen molar-refractivity contribution in [2.45, 2.75) is 78.7 Å². The number of aryl methyl sites for hydroxylation is 2. The van der Waals surface area contributed by atoms with Gasteiger partial charge in [0.05, 0.1) is 17.3 Å². The summed E-state index contributed by atoms with van der Waals surface area (Å²) < 4.78 is 23.0. The third-order valence-electron chi connectivity index (χ3n) is 11.9. The molecule has 0 aliphatic carbocycles. The number of hydrogen-bond acceptors (Lipinski definition) is 7. The first-order valence-corrected chi connectivity index (χ1v) is 21.1. The number of aromatic nitrogens is 3. The summed E-state index contributed by atoms with van der Waals surface area (Å²) in [6.45, 7) is 12.7. The lowest BCUT2D eigenvalue weighted by molar-refractivity contribution is 0.0665. The molecule has 2 fully saturated rings. The number of nitrogens with zero attached hydrogens (tertiary/aromatic N) is 4. The van der Waals surface area contributed by atoms with Crippen molar-refractivity contribution in [3.8, 4) is 11.1 Å². The van der Waals surface area contributed by atoms with Gasteiger partial charge in [-0.1, -0.05) is 55.5 Å². The predicted molar refractivity (Wildman–Crippen MR) is 231 cm³/mol. The van der Waals surface area contributed by atoms with Gasteiger partial charge in [-0.3, -0.25) is 14.5 Å². The van der Waals surface area contributed by atoms with Gasteiger partial charge in [-0.05, 0) is 114 Å². The van der Waals surface area contributed by atoms with Crippen LogP contribution in [0.3, 0.4) is 0 Å². The van der Waals surface area contributed by atoms with Gasteiger partial charge >= 0.3 is 0 Å². The summed E-state index contributed by atoms with van der Waals surface area (Å²) in [7, 11) is 0. The van der Waals surface area contributed by atoms with Crippen LogP contribution in [0.2, 0.25) is 0 Å². The molecule has 2 amide bonds. The van der Waals surface area contributed by atoms with Gasteiger partial charge in [0, 0.05) is 81.7 Å². The first kappa shape index (κ1) is 40.3. The van der Waals surface area contributed by atoms with Crippen LogP contribution in [0.1, 0.15) is 82.3 Å². The molecule has 2 aliphatic rings. The van der Waals surface area contributed by atoms with Crippen molar-refractivity contribution in [3.63, 3.8) is 0 Å². The molecule has 1 atom stereocenters. The van der Waals surface area contributed by atoms with E-state index in [9.17, 15) is 9.59 Å². The van der Waals surface area contributed by atoms with Crippen LogP contribution in [0.5, 0.6) is 0 Å². The van der Waals surface area contributed by atoms with E-state index in [-0.39, 0.29) is 41.8 Å². The van der Waals surface area contributed by atoms with E-state index in [0.29, 0.717) is 30.5 Å². The zero-order valence-electron chi connectivity index (χ0n) is 34.3. The van der Waals surface area contributed by atoms with Gasteiger partial charge in [0.1, 0.15) is 5.82 Å². The number of nitrogens with one attached hydrogen (secondary N) is 3. The van der Waals surface area contributed by atoms with Gasteiger partial charge < -0.3 is 20.7 Å². The topological polar surface area (TPSA) is 113 Å². The Morgan fingerprint density at radius 2 is 1.63 bits per heavy atom. The van der Waals surface area contributed by atoms with Crippen molar-refractivity contribution in [2.75, 3.05) is 32.8 Å². The molecular weight excluding hydrogens is 742 g/mol. The Hall–Kier alpha value is -5.49. The van der Waals surface area contributed by atoms with Crippen LogP contribution in [0.4, 0.5) is 4.39 Å². The van der Waals surface area contributed by atoms with E-state index in [4.69, 9.17) is 9.72 Å². The molecular formula is C48H54FN7O3. The number of carbonyl (C=O) groups is 2. The molecule has 4 heterocycles. The standard InChI is InChI=1S/C48H54FN7O3/c1-4-45-42(39(22-32-15-19-59-20-16-32)43-28-53-56(5-2)46(43)54-45)27-52-48(58)41-25-36-11-7-6-10-35(36)24-40(41)47(57)51-26-33-13-14-44(49)38(23-33)37-12-8-9-34(21-37)30-55-18-17-50-31(3)29-55/h6-14,21,23-25,28,31-32,50H,4-5,15-20,22,26-27,29-30H2,1-3H3,(H,51,57)(H,52,58)/t31-/m0/s1. The number of ether oxygens (including phenoxy) is 1. The third-order valence-corrected chi connectivity index (χ3v) is 11.9. The van der Waals surface area contributed by atoms with E-state index < -0.39 is 0 Å². The van der Waals surface area contributed by atoms with E-state index in [1.165, 1.54) is 11.6 Å². The van der Waals surface area contributed by atoms with Gasteiger partial charge in [0.25, 0.3) is 11.8 Å². The van der Waals surface area contributed by atoms with Crippen LogP contribution >= 0.6 is 0 Å². The number of pyridine rings is 1. The molecule has 2 aliphatic heterocycles. The van der Waals surface area contributed by atoms with Crippen molar-refractivity contribution in [1.82, 2.24) is 35.6 Å². The van der Waals surface area contributed by atoms with E-state index in [1.807, 2.05) is 47.3 Å². The summed E-state index contributed by atoms with van der Waals surface area (Å²) in [5.41, 5.74) is 7.71. The van der Waals surface area contributed by atoms with Gasteiger partial charge in [0.2, 0.25) is 0 Å². The molecule has 2 saturated heterocycles. The maximum atomic E-state index is 15.4. The molecule has 0 saturated carbocycles. The molecule has 8 rings (SSSR count). The minimum absolute atomic E-state index is 0.158. The van der Waals surface area contributed by atoms with Crippen molar-refractivity contribution in [1.29, 1.82) is 0 Å². The highest BCUT2D eigenvalue weighted by atomic mass is 19.1. The SMILES string of the molecule is CCc1nc2c(cnn2CC)c(CC2CCOCC2)c1CNC(=O)c1cc2ccccc2cc1C(=O)NCc1ccc(F)c(-c2cccc(CN3CCN[C@@H](C)C3)c2)c1. The Morgan fingerprint density at radius 1 is 0.881 bits per heavy atom. The van der Waals surface area contributed by atoms with Crippen LogP contribution in [0, 0.1) is 11.7 Å². The smallest absolute Gasteiger partial charge is 0.252 e. The van der Waals surface area contributed by atoms with E-state index in [2.05, 4.69) is 58.9 Å². The second-order valence-electron chi connectivity index (χ2n) is 16.0. The lowest BCUT2D eigenvalue weighted by Crippen LogP contribution is -2.48. The Kier molecular flexibility index (Phi) is 12.4. The summed E-state index contributed by atoms with van der Waals surface area (Å²) in [6, 6.07) is 24.7. The number of rotatable bonds is 13. The lowest BCUT2D eigenvalue weighted by Gasteiger charge is -2.31. The number of carbonyl (C=O) groups excluding carboxylic acids is 2. The predicted octanol–water partition coefficient (Wildman–Crippen LogP) is 7.60. The van der Waals surface area contributed by atoms with Gasteiger partial charge in [0.15, 0.2) is 5.65 Å². The van der Waals surface area contributed by atoms with Gasteiger partial charge in [-0.15, -0.1) is 0 Å². The van der Waals surface area contributed by atoms with Gasteiger partial charge in [-0.25, -0.2) is 14.1 Å².